The number of hydrogen-bond acceptors (Lipinski definition) is 7. The Bertz CT molecular complexity index is 1810. The van der Waals surface area contributed by atoms with E-state index < -0.39 is 10.4 Å². The van der Waals surface area contributed by atoms with Crippen LogP contribution in [0, 0.1) is 18.3 Å². The van der Waals surface area contributed by atoms with Crippen molar-refractivity contribution in [1.29, 1.82) is 0 Å². The van der Waals surface area contributed by atoms with Crippen LogP contribution < -0.4 is 10.6 Å². The number of Topliss-reactive ketones (excluding diaryl/α,β-unsaturated/α-hetero) is 1. The van der Waals surface area contributed by atoms with E-state index in [-0.39, 0.29) is 53.5 Å². The fourth-order valence-electron chi connectivity index (χ4n) is 7.87. The van der Waals surface area contributed by atoms with Crippen LogP contribution in [-0.2, 0) is 27.3 Å². The van der Waals surface area contributed by atoms with Crippen molar-refractivity contribution in [1.82, 2.24) is 35.3 Å². The molecule has 2 N–H and O–H groups in total. The van der Waals surface area contributed by atoms with Gasteiger partial charge in [0.25, 0.3) is 0 Å². The Morgan fingerprint density at radius 1 is 1.02 bits per heavy atom. The molecule has 0 radical (unpaired) electrons. The van der Waals surface area contributed by atoms with Crippen molar-refractivity contribution in [3.05, 3.63) is 41.6 Å². The molecule has 13 heteroatoms. The summed E-state index contributed by atoms with van der Waals surface area (Å²) in [6.07, 6.45) is 9.91. The van der Waals surface area contributed by atoms with Gasteiger partial charge in [-0.3, -0.25) is 23.9 Å². The van der Waals surface area contributed by atoms with Crippen molar-refractivity contribution in [3.63, 3.8) is 0 Å². The average Bonchev–Trinajstić information content (AvgIpc) is 3.81. The minimum Gasteiger partial charge on any atom is -0.355 e. The van der Waals surface area contributed by atoms with Crippen LogP contribution in [0.4, 0.5) is 0 Å². The fraction of sp³-hybridized carbons (Fsp3) is 0.571. The SMILES string of the molecule is CC(=O)c1nn2c3c(cc(-c4cnc(C)nc4)cc13)CCCCCCC(=O)NC[C@@]13C[C@@H](C(=O)N[C@H](C)[C@H]4CC4(Cl)Cl)N(C(=O)C2)[C@@H]1C3. The zero-order valence-electron chi connectivity index (χ0n) is 27.5. The lowest BCUT2D eigenvalue weighted by Crippen LogP contribution is -2.51. The molecular weight excluding hydrogens is 653 g/mol. The van der Waals surface area contributed by atoms with Crippen LogP contribution in [0.2, 0.25) is 0 Å². The predicted molar refractivity (Wildman–Crippen MR) is 182 cm³/mol. The second-order valence-electron chi connectivity index (χ2n) is 14.3. The van der Waals surface area contributed by atoms with Gasteiger partial charge >= 0.3 is 0 Å². The number of alkyl halides is 2. The lowest BCUT2D eigenvalue weighted by atomic mass is 9.96. The molecule has 0 unspecified atom stereocenters. The number of ketones is 1. The first-order chi connectivity index (χ1) is 22.9. The molecule has 1 saturated heterocycles. The molecule has 2 aliphatic heterocycles. The van der Waals surface area contributed by atoms with Gasteiger partial charge in [-0.05, 0) is 75.6 Å². The molecule has 3 amide bonds. The molecule has 254 valence electrons. The summed E-state index contributed by atoms with van der Waals surface area (Å²) in [6.45, 7) is 5.49. The fourth-order valence-corrected chi connectivity index (χ4v) is 8.58. The van der Waals surface area contributed by atoms with Crippen LogP contribution >= 0.6 is 23.2 Å². The van der Waals surface area contributed by atoms with Gasteiger partial charge in [-0.2, -0.15) is 5.10 Å². The van der Waals surface area contributed by atoms with E-state index in [1.54, 1.807) is 22.0 Å². The Labute approximate surface area is 289 Å². The lowest BCUT2D eigenvalue weighted by molar-refractivity contribution is -0.140. The molecule has 2 bridgehead atoms. The number of halogens is 2. The highest BCUT2D eigenvalue weighted by Gasteiger charge is 2.67. The van der Waals surface area contributed by atoms with Gasteiger partial charge in [-0.25, -0.2) is 9.97 Å². The molecule has 11 nitrogen and oxygen atoms in total. The number of aromatic nitrogens is 4. The van der Waals surface area contributed by atoms with Gasteiger partial charge in [0.15, 0.2) is 5.78 Å². The molecule has 48 heavy (non-hydrogen) atoms. The summed E-state index contributed by atoms with van der Waals surface area (Å²) in [4.78, 5) is 64.4. The standard InChI is InChI=1S/C35H41Cl2N7O4/c1-19(26-12-35(26,36)37)41-33(48)27-13-34-14-28(34)44(27)30(47)17-43-32-22(8-6-4-5-7-9-29(46)40-18-34)10-23(24-15-38-21(3)39-16-24)11-25(32)31(42-43)20(2)45/h10-11,15-16,19,26-28H,4-9,12-14,17-18H2,1-3H3,(H,40,46)(H,41,48)/t19-,26-,27+,28-,34+/m1/s1. The molecule has 3 aromatic rings. The van der Waals surface area contributed by atoms with Crippen LogP contribution in [0.5, 0.6) is 0 Å². The first-order valence-corrected chi connectivity index (χ1v) is 17.7. The van der Waals surface area contributed by atoms with Crippen molar-refractivity contribution in [2.75, 3.05) is 6.54 Å². The normalized spacial score (nSPS) is 27.5. The third-order valence-electron chi connectivity index (χ3n) is 10.7. The summed E-state index contributed by atoms with van der Waals surface area (Å²) in [6, 6.07) is 2.86. The first kappa shape index (κ1) is 33.0. The minimum absolute atomic E-state index is 0.000311. The zero-order valence-corrected chi connectivity index (χ0v) is 29.0. The maximum atomic E-state index is 14.4. The van der Waals surface area contributed by atoms with Crippen LogP contribution in [0.15, 0.2) is 24.5 Å². The maximum absolute atomic E-state index is 14.4. The molecule has 1 aromatic carbocycles. The van der Waals surface area contributed by atoms with Crippen LogP contribution in [-0.4, -0.2) is 77.2 Å². The van der Waals surface area contributed by atoms with Gasteiger partial charge in [0.05, 0.1) is 5.52 Å². The monoisotopic (exact) mass is 693 g/mol. The number of carbonyl (C=O) groups excluding carboxylic acids is 4. The molecular formula is C35H41Cl2N7O4. The van der Waals surface area contributed by atoms with E-state index in [2.05, 4.69) is 26.7 Å². The summed E-state index contributed by atoms with van der Waals surface area (Å²) in [5.41, 5.74) is 3.35. The Kier molecular flexibility index (Phi) is 8.51. The summed E-state index contributed by atoms with van der Waals surface area (Å²) in [5.74, 6) is -0.100. The molecule has 7 rings (SSSR count). The predicted octanol–water partition coefficient (Wildman–Crippen LogP) is 4.69. The second-order valence-corrected chi connectivity index (χ2v) is 15.8. The number of nitrogens with one attached hydrogen (secondary N) is 2. The van der Waals surface area contributed by atoms with E-state index in [0.29, 0.717) is 55.6 Å². The summed E-state index contributed by atoms with van der Waals surface area (Å²) >= 11 is 12.6. The molecule has 3 fully saturated rings. The molecule has 4 heterocycles. The van der Waals surface area contributed by atoms with Gasteiger partial charge in [0.1, 0.15) is 28.4 Å². The summed E-state index contributed by atoms with van der Waals surface area (Å²) in [7, 11) is 0. The highest BCUT2D eigenvalue weighted by Crippen LogP contribution is 2.59. The highest BCUT2D eigenvalue weighted by atomic mass is 35.5. The Morgan fingerprint density at radius 3 is 2.42 bits per heavy atom. The molecule has 2 saturated carbocycles. The minimum atomic E-state index is -0.853. The van der Waals surface area contributed by atoms with E-state index in [9.17, 15) is 19.2 Å². The number of piperidine rings is 1. The Balaban J connectivity index is 1.26. The lowest BCUT2D eigenvalue weighted by Gasteiger charge is -2.28. The maximum Gasteiger partial charge on any atom is 0.245 e. The zero-order chi connectivity index (χ0) is 34.0. The van der Waals surface area contributed by atoms with Gasteiger partial charge in [0, 0.05) is 66.6 Å². The number of carbonyl (C=O) groups is 4. The number of amides is 3. The van der Waals surface area contributed by atoms with E-state index in [4.69, 9.17) is 28.3 Å². The number of benzene rings is 1. The topological polar surface area (TPSA) is 139 Å². The van der Waals surface area contributed by atoms with Crippen molar-refractivity contribution < 1.29 is 19.2 Å². The van der Waals surface area contributed by atoms with Crippen molar-refractivity contribution in [3.8, 4) is 11.1 Å². The summed E-state index contributed by atoms with van der Waals surface area (Å²) < 4.78 is 0.798. The largest absolute Gasteiger partial charge is 0.355 e. The number of aryl methyl sites for hydroxylation is 2. The number of rotatable bonds is 5. The van der Waals surface area contributed by atoms with Crippen molar-refractivity contribution >= 4 is 57.6 Å². The van der Waals surface area contributed by atoms with E-state index >= 15 is 0 Å². The highest BCUT2D eigenvalue weighted by molar-refractivity contribution is 6.51. The molecule has 0 spiro atoms. The van der Waals surface area contributed by atoms with Gasteiger partial charge in [0.2, 0.25) is 17.7 Å². The third kappa shape index (κ3) is 6.19. The summed E-state index contributed by atoms with van der Waals surface area (Å²) in [5, 5.41) is 11.6. The van der Waals surface area contributed by atoms with E-state index in [1.165, 1.54) is 6.92 Å². The quantitative estimate of drug-likeness (QED) is 0.292. The Hall–Kier alpha value is -3.57. The van der Waals surface area contributed by atoms with Crippen LogP contribution in [0.3, 0.4) is 0 Å². The van der Waals surface area contributed by atoms with E-state index in [1.807, 2.05) is 19.9 Å². The molecule has 4 aliphatic rings. The number of nitrogens with zero attached hydrogens (tertiary/aromatic N) is 5. The second kappa shape index (κ2) is 12.4. The van der Waals surface area contributed by atoms with Gasteiger partial charge in [-0.1, -0.05) is 12.8 Å². The van der Waals surface area contributed by atoms with Crippen molar-refractivity contribution in [2.45, 2.75) is 108 Å². The molecule has 2 aliphatic carbocycles. The van der Waals surface area contributed by atoms with Gasteiger partial charge < -0.3 is 15.5 Å². The van der Waals surface area contributed by atoms with Crippen LogP contribution in [0.1, 0.15) is 87.1 Å². The first-order valence-electron chi connectivity index (χ1n) is 17.0. The smallest absolute Gasteiger partial charge is 0.245 e. The molecule has 5 atom stereocenters. The van der Waals surface area contributed by atoms with Crippen molar-refractivity contribution in [2.24, 2.45) is 11.3 Å². The van der Waals surface area contributed by atoms with E-state index in [0.717, 1.165) is 47.9 Å². The number of hydrogen-bond donors (Lipinski definition) is 2. The molecule has 2 aromatic heterocycles. The van der Waals surface area contributed by atoms with Crippen LogP contribution in [0.25, 0.3) is 22.0 Å². The Morgan fingerprint density at radius 2 is 1.73 bits per heavy atom. The average molecular weight is 695 g/mol. The third-order valence-corrected chi connectivity index (χ3v) is 11.6. The van der Waals surface area contributed by atoms with Gasteiger partial charge in [-0.15, -0.1) is 23.2 Å².